The SMILES string of the molecule is CCCC(Cc1cc2ccncc2[nH]1)C(=O)OC. The highest BCUT2D eigenvalue weighted by molar-refractivity contribution is 5.79. The second-order valence-electron chi connectivity index (χ2n) is 4.47. The summed E-state index contributed by atoms with van der Waals surface area (Å²) in [7, 11) is 1.44. The number of methoxy groups -OCH3 is 1. The number of H-pyrrole nitrogens is 1. The quantitative estimate of drug-likeness (QED) is 0.825. The maximum absolute atomic E-state index is 11.7. The normalized spacial score (nSPS) is 12.6. The zero-order valence-electron chi connectivity index (χ0n) is 10.8. The van der Waals surface area contributed by atoms with E-state index >= 15 is 0 Å². The molecule has 0 saturated heterocycles. The highest BCUT2D eigenvalue weighted by Crippen LogP contribution is 2.19. The Kier molecular flexibility index (Phi) is 3.97. The van der Waals surface area contributed by atoms with Crippen LogP contribution in [0.25, 0.3) is 10.9 Å². The van der Waals surface area contributed by atoms with Crippen molar-refractivity contribution in [3.8, 4) is 0 Å². The molecule has 96 valence electrons. The lowest BCUT2D eigenvalue weighted by Crippen LogP contribution is -2.18. The summed E-state index contributed by atoms with van der Waals surface area (Å²) in [5, 5.41) is 1.13. The molecule has 0 saturated carbocycles. The largest absolute Gasteiger partial charge is 0.469 e. The van der Waals surface area contributed by atoms with E-state index in [0.717, 1.165) is 29.4 Å². The summed E-state index contributed by atoms with van der Waals surface area (Å²) < 4.78 is 4.85. The highest BCUT2D eigenvalue weighted by Gasteiger charge is 2.19. The molecule has 0 aliphatic carbocycles. The van der Waals surface area contributed by atoms with Crippen LogP contribution < -0.4 is 0 Å². The van der Waals surface area contributed by atoms with E-state index in [1.165, 1.54) is 7.11 Å². The molecule has 4 heteroatoms. The van der Waals surface area contributed by atoms with Gasteiger partial charge in [0.05, 0.1) is 24.7 Å². The third-order valence-electron chi connectivity index (χ3n) is 3.12. The molecule has 0 aliphatic rings. The van der Waals surface area contributed by atoms with Crippen LogP contribution >= 0.6 is 0 Å². The van der Waals surface area contributed by atoms with Crippen LogP contribution in [0, 0.1) is 5.92 Å². The van der Waals surface area contributed by atoms with Crippen LogP contribution in [-0.2, 0) is 16.0 Å². The average Bonchev–Trinajstić information content (AvgIpc) is 2.79. The predicted molar refractivity (Wildman–Crippen MR) is 70.2 cm³/mol. The Morgan fingerprint density at radius 1 is 1.56 bits per heavy atom. The zero-order chi connectivity index (χ0) is 13.0. The molecule has 1 atom stereocenters. The second kappa shape index (κ2) is 5.67. The summed E-state index contributed by atoms with van der Waals surface area (Å²) in [6.07, 6.45) is 6.08. The van der Waals surface area contributed by atoms with Gasteiger partial charge in [0.15, 0.2) is 0 Å². The fraction of sp³-hybridized carbons (Fsp3) is 0.429. The van der Waals surface area contributed by atoms with Gasteiger partial charge in [0.1, 0.15) is 0 Å². The molecular formula is C14H18N2O2. The van der Waals surface area contributed by atoms with E-state index < -0.39 is 0 Å². The van der Waals surface area contributed by atoms with E-state index in [4.69, 9.17) is 4.74 Å². The molecule has 0 radical (unpaired) electrons. The molecule has 2 rings (SSSR count). The van der Waals surface area contributed by atoms with Gasteiger partial charge < -0.3 is 9.72 Å². The van der Waals surface area contributed by atoms with E-state index in [2.05, 4.69) is 23.0 Å². The molecule has 2 heterocycles. The Morgan fingerprint density at radius 3 is 3.06 bits per heavy atom. The van der Waals surface area contributed by atoms with Crippen molar-refractivity contribution in [2.75, 3.05) is 7.11 Å². The van der Waals surface area contributed by atoms with E-state index in [-0.39, 0.29) is 11.9 Å². The van der Waals surface area contributed by atoms with E-state index in [1.54, 1.807) is 12.4 Å². The number of carbonyl (C=O) groups is 1. The third kappa shape index (κ3) is 2.70. The summed E-state index contributed by atoms with van der Waals surface area (Å²) in [5.41, 5.74) is 2.06. The third-order valence-corrected chi connectivity index (χ3v) is 3.12. The van der Waals surface area contributed by atoms with E-state index in [1.807, 2.05) is 6.07 Å². The van der Waals surface area contributed by atoms with Gasteiger partial charge >= 0.3 is 5.97 Å². The molecule has 0 bridgehead atoms. The molecule has 0 spiro atoms. The van der Waals surface area contributed by atoms with Crippen molar-refractivity contribution < 1.29 is 9.53 Å². The first-order valence-corrected chi connectivity index (χ1v) is 6.24. The standard InChI is InChI=1S/C14H18N2O2/c1-3-4-11(14(17)18-2)8-12-7-10-5-6-15-9-13(10)16-12/h5-7,9,11,16H,3-4,8H2,1-2H3. The average molecular weight is 246 g/mol. The van der Waals surface area contributed by atoms with Crippen LogP contribution in [-0.4, -0.2) is 23.0 Å². The summed E-state index contributed by atoms with van der Waals surface area (Å²) in [4.78, 5) is 19.0. The molecule has 2 aromatic heterocycles. The Labute approximate surface area is 106 Å². The van der Waals surface area contributed by atoms with Crippen molar-refractivity contribution in [2.45, 2.75) is 26.2 Å². The number of rotatable bonds is 5. The Balaban J connectivity index is 2.17. The molecule has 0 amide bonds. The number of hydrogen-bond donors (Lipinski definition) is 1. The van der Waals surface area contributed by atoms with Crippen LogP contribution in [0.2, 0.25) is 0 Å². The molecule has 0 aromatic carbocycles. The number of nitrogens with zero attached hydrogens (tertiary/aromatic N) is 1. The van der Waals surface area contributed by atoms with Gasteiger partial charge in [0, 0.05) is 23.7 Å². The lowest BCUT2D eigenvalue weighted by molar-refractivity contribution is -0.145. The van der Waals surface area contributed by atoms with Gasteiger partial charge in [0.25, 0.3) is 0 Å². The Morgan fingerprint density at radius 2 is 2.39 bits per heavy atom. The number of pyridine rings is 1. The lowest BCUT2D eigenvalue weighted by atomic mass is 9.98. The van der Waals surface area contributed by atoms with Crippen LogP contribution in [0.15, 0.2) is 24.5 Å². The molecule has 0 aliphatic heterocycles. The molecule has 2 aromatic rings. The van der Waals surface area contributed by atoms with E-state index in [9.17, 15) is 4.79 Å². The molecule has 4 nitrogen and oxygen atoms in total. The maximum atomic E-state index is 11.7. The van der Waals surface area contributed by atoms with Gasteiger partial charge in [-0.15, -0.1) is 0 Å². The minimum absolute atomic E-state index is 0.0685. The topological polar surface area (TPSA) is 55.0 Å². The van der Waals surface area contributed by atoms with Crippen molar-refractivity contribution in [2.24, 2.45) is 5.92 Å². The first kappa shape index (κ1) is 12.6. The molecule has 0 fully saturated rings. The number of nitrogens with one attached hydrogen (secondary N) is 1. The van der Waals surface area contributed by atoms with Crippen molar-refractivity contribution >= 4 is 16.9 Å². The predicted octanol–water partition coefficient (Wildman–Crippen LogP) is 2.69. The van der Waals surface area contributed by atoms with Crippen molar-refractivity contribution in [3.05, 3.63) is 30.2 Å². The Hall–Kier alpha value is -1.84. The lowest BCUT2D eigenvalue weighted by Gasteiger charge is -2.12. The minimum Gasteiger partial charge on any atom is -0.469 e. The number of esters is 1. The summed E-state index contributed by atoms with van der Waals surface area (Å²) in [6, 6.07) is 4.03. The molecule has 1 unspecified atom stereocenters. The van der Waals surface area contributed by atoms with Crippen molar-refractivity contribution in [1.29, 1.82) is 0 Å². The van der Waals surface area contributed by atoms with E-state index in [0.29, 0.717) is 6.42 Å². The summed E-state index contributed by atoms with van der Waals surface area (Å²) in [6.45, 7) is 2.07. The van der Waals surface area contributed by atoms with Gasteiger partial charge in [-0.25, -0.2) is 0 Å². The van der Waals surface area contributed by atoms with Gasteiger partial charge in [-0.2, -0.15) is 0 Å². The number of fused-ring (bicyclic) bond motifs is 1. The minimum atomic E-state index is -0.131. The number of carbonyl (C=O) groups excluding carboxylic acids is 1. The number of ether oxygens (including phenoxy) is 1. The van der Waals surface area contributed by atoms with Crippen molar-refractivity contribution in [1.82, 2.24) is 9.97 Å². The molecule has 18 heavy (non-hydrogen) atoms. The smallest absolute Gasteiger partial charge is 0.309 e. The monoisotopic (exact) mass is 246 g/mol. The van der Waals surface area contributed by atoms with Gasteiger partial charge in [-0.3, -0.25) is 9.78 Å². The van der Waals surface area contributed by atoms with Crippen molar-refractivity contribution in [3.63, 3.8) is 0 Å². The van der Waals surface area contributed by atoms with Crippen LogP contribution in [0.4, 0.5) is 0 Å². The van der Waals surface area contributed by atoms with Crippen LogP contribution in [0.3, 0.4) is 0 Å². The highest BCUT2D eigenvalue weighted by atomic mass is 16.5. The number of aromatic nitrogens is 2. The van der Waals surface area contributed by atoms with Gasteiger partial charge in [-0.1, -0.05) is 13.3 Å². The van der Waals surface area contributed by atoms with Gasteiger partial charge in [0.2, 0.25) is 0 Å². The molecule has 1 N–H and O–H groups in total. The Bertz CT molecular complexity index is 500. The first-order chi connectivity index (χ1) is 8.74. The van der Waals surface area contributed by atoms with Crippen LogP contribution in [0.1, 0.15) is 25.5 Å². The van der Waals surface area contributed by atoms with Crippen LogP contribution in [0.5, 0.6) is 0 Å². The summed E-state index contributed by atoms with van der Waals surface area (Å²) in [5.74, 6) is -0.199. The first-order valence-electron chi connectivity index (χ1n) is 6.24. The fourth-order valence-electron chi connectivity index (χ4n) is 2.23. The van der Waals surface area contributed by atoms with Gasteiger partial charge in [-0.05, 0) is 18.6 Å². The maximum Gasteiger partial charge on any atom is 0.309 e. The fourth-order valence-corrected chi connectivity index (χ4v) is 2.23. The number of aromatic amines is 1. The molecular weight excluding hydrogens is 228 g/mol. The number of hydrogen-bond acceptors (Lipinski definition) is 3. The zero-order valence-corrected chi connectivity index (χ0v) is 10.8. The second-order valence-corrected chi connectivity index (χ2v) is 4.47. The summed E-state index contributed by atoms with van der Waals surface area (Å²) >= 11 is 0.